The van der Waals surface area contributed by atoms with Crippen LogP contribution in [0.15, 0.2) is 12.4 Å². The minimum atomic E-state index is 0.324. The van der Waals surface area contributed by atoms with Gasteiger partial charge in [-0.25, -0.2) is 0 Å². The van der Waals surface area contributed by atoms with Crippen LogP contribution in [0.4, 0.5) is 11.5 Å². The van der Waals surface area contributed by atoms with E-state index in [1.54, 1.807) is 22.7 Å². The fraction of sp³-hybridized carbons (Fsp3) is 0.417. The third-order valence-corrected chi connectivity index (χ3v) is 3.09. The van der Waals surface area contributed by atoms with Crippen molar-refractivity contribution >= 4 is 28.7 Å². The Morgan fingerprint density at radius 2 is 2.30 bits per heavy atom. The number of ether oxygens (including phenoxy) is 1. The van der Waals surface area contributed by atoms with E-state index in [2.05, 4.69) is 15.5 Å². The standard InChI is InChI=1S/C12H18N6OS/c1-8-10(11(13)20)12(17(2)16-8)15-9-6-14-18(7-9)4-5-19-3/h6-7,15H,4-5H2,1-3H3,(H2,13,20). The second kappa shape index (κ2) is 6.02. The van der Waals surface area contributed by atoms with Gasteiger partial charge in [0, 0.05) is 20.4 Å². The molecule has 0 spiro atoms. The van der Waals surface area contributed by atoms with Crippen molar-refractivity contribution in [2.45, 2.75) is 13.5 Å². The summed E-state index contributed by atoms with van der Waals surface area (Å²) >= 11 is 5.08. The first kappa shape index (κ1) is 14.5. The predicted octanol–water partition coefficient (Wildman–Crippen LogP) is 0.949. The van der Waals surface area contributed by atoms with Crippen LogP contribution < -0.4 is 11.1 Å². The average molecular weight is 294 g/mol. The maximum absolute atomic E-state index is 5.75. The predicted molar refractivity (Wildman–Crippen MR) is 81.2 cm³/mol. The van der Waals surface area contributed by atoms with Gasteiger partial charge in [0.2, 0.25) is 0 Å². The number of hydrogen-bond donors (Lipinski definition) is 2. The lowest BCUT2D eigenvalue weighted by Gasteiger charge is -2.06. The van der Waals surface area contributed by atoms with Crippen LogP contribution in [0.1, 0.15) is 11.3 Å². The van der Waals surface area contributed by atoms with Crippen molar-refractivity contribution in [3.05, 3.63) is 23.7 Å². The van der Waals surface area contributed by atoms with Crippen molar-refractivity contribution in [2.24, 2.45) is 12.8 Å². The lowest BCUT2D eigenvalue weighted by atomic mass is 10.2. The molecule has 7 nitrogen and oxygen atoms in total. The maximum Gasteiger partial charge on any atom is 0.139 e. The van der Waals surface area contributed by atoms with Crippen molar-refractivity contribution < 1.29 is 4.74 Å². The minimum Gasteiger partial charge on any atom is -0.389 e. The molecule has 2 heterocycles. The third-order valence-electron chi connectivity index (χ3n) is 2.89. The Balaban J connectivity index is 2.21. The van der Waals surface area contributed by atoms with Crippen LogP contribution in [-0.4, -0.2) is 38.3 Å². The van der Waals surface area contributed by atoms with Gasteiger partial charge in [-0.3, -0.25) is 9.36 Å². The van der Waals surface area contributed by atoms with Crippen molar-refractivity contribution in [2.75, 3.05) is 19.0 Å². The second-order valence-corrected chi connectivity index (χ2v) is 4.85. The van der Waals surface area contributed by atoms with Gasteiger partial charge in [-0.05, 0) is 6.92 Å². The Kier molecular flexibility index (Phi) is 4.35. The number of nitrogens with zero attached hydrogens (tertiary/aromatic N) is 4. The van der Waals surface area contributed by atoms with E-state index in [0.29, 0.717) is 18.1 Å². The molecular formula is C12H18N6OS. The highest BCUT2D eigenvalue weighted by Crippen LogP contribution is 2.22. The maximum atomic E-state index is 5.75. The average Bonchev–Trinajstić information content (AvgIpc) is 2.93. The first-order valence-corrected chi connectivity index (χ1v) is 6.55. The number of aromatic nitrogens is 4. The molecule has 0 unspecified atom stereocenters. The number of rotatable bonds is 6. The number of nitrogens with one attached hydrogen (secondary N) is 1. The number of aryl methyl sites for hydroxylation is 2. The van der Waals surface area contributed by atoms with Gasteiger partial charge in [0.25, 0.3) is 0 Å². The van der Waals surface area contributed by atoms with Crippen LogP contribution in [-0.2, 0) is 18.3 Å². The summed E-state index contributed by atoms with van der Waals surface area (Å²) < 4.78 is 8.54. The largest absolute Gasteiger partial charge is 0.389 e. The second-order valence-electron chi connectivity index (χ2n) is 4.41. The van der Waals surface area contributed by atoms with Crippen LogP contribution in [0.25, 0.3) is 0 Å². The van der Waals surface area contributed by atoms with Crippen LogP contribution in [0.2, 0.25) is 0 Å². The lowest BCUT2D eigenvalue weighted by Crippen LogP contribution is -2.12. The molecule has 3 N–H and O–H groups in total. The van der Waals surface area contributed by atoms with E-state index in [0.717, 1.165) is 22.8 Å². The van der Waals surface area contributed by atoms with Crippen LogP contribution in [0.5, 0.6) is 0 Å². The number of methoxy groups -OCH3 is 1. The highest BCUT2D eigenvalue weighted by molar-refractivity contribution is 7.80. The normalized spacial score (nSPS) is 10.8. The monoisotopic (exact) mass is 294 g/mol. The summed E-state index contributed by atoms with van der Waals surface area (Å²) in [5.41, 5.74) is 8.16. The fourth-order valence-electron chi connectivity index (χ4n) is 1.97. The van der Waals surface area contributed by atoms with E-state index >= 15 is 0 Å². The van der Waals surface area contributed by atoms with Gasteiger partial charge in [0.1, 0.15) is 10.8 Å². The van der Waals surface area contributed by atoms with Crippen LogP contribution in [0.3, 0.4) is 0 Å². The zero-order valence-electron chi connectivity index (χ0n) is 11.8. The zero-order chi connectivity index (χ0) is 14.7. The highest BCUT2D eigenvalue weighted by atomic mass is 32.1. The van der Waals surface area contributed by atoms with Crippen LogP contribution >= 0.6 is 12.2 Å². The van der Waals surface area contributed by atoms with Gasteiger partial charge < -0.3 is 15.8 Å². The SMILES string of the molecule is COCCn1cc(Nc2c(C(N)=S)c(C)nn2C)cn1. The van der Waals surface area contributed by atoms with E-state index in [-0.39, 0.29) is 0 Å². The molecule has 0 aromatic carbocycles. The van der Waals surface area contributed by atoms with Crippen molar-refractivity contribution in [3.8, 4) is 0 Å². The Hall–Kier alpha value is -1.93. The van der Waals surface area contributed by atoms with Crippen molar-refractivity contribution in [1.29, 1.82) is 0 Å². The molecule has 0 radical (unpaired) electrons. The third kappa shape index (κ3) is 2.97. The number of anilines is 2. The molecule has 2 aromatic heterocycles. The molecule has 0 aliphatic heterocycles. The molecule has 0 fully saturated rings. The molecule has 0 bridgehead atoms. The lowest BCUT2D eigenvalue weighted by molar-refractivity contribution is 0.183. The van der Waals surface area contributed by atoms with Gasteiger partial charge in [-0.2, -0.15) is 10.2 Å². The van der Waals surface area contributed by atoms with E-state index < -0.39 is 0 Å². The summed E-state index contributed by atoms with van der Waals surface area (Å²) in [6.07, 6.45) is 3.63. The van der Waals surface area contributed by atoms with Gasteiger partial charge in [0.15, 0.2) is 0 Å². The molecule has 0 atom stereocenters. The first-order chi connectivity index (χ1) is 9.52. The van der Waals surface area contributed by atoms with E-state index in [1.165, 1.54) is 0 Å². The molecule has 0 saturated carbocycles. The molecule has 8 heteroatoms. The topological polar surface area (TPSA) is 82.9 Å². The van der Waals surface area contributed by atoms with Gasteiger partial charge >= 0.3 is 0 Å². The zero-order valence-corrected chi connectivity index (χ0v) is 12.6. The molecular weight excluding hydrogens is 276 g/mol. The molecule has 0 aliphatic carbocycles. The van der Waals surface area contributed by atoms with E-state index in [1.807, 2.05) is 20.2 Å². The quantitative estimate of drug-likeness (QED) is 0.772. The van der Waals surface area contributed by atoms with E-state index in [4.69, 9.17) is 22.7 Å². The summed E-state index contributed by atoms with van der Waals surface area (Å²) in [6, 6.07) is 0. The molecule has 2 aromatic rings. The van der Waals surface area contributed by atoms with Crippen molar-refractivity contribution in [1.82, 2.24) is 19.6 Å². The van der Waals surface area contributed by atoms with Gasteiger partial charge in [-0.1, -0.05) is 12.2 Å². The Morgan fingerprint density at radius 3 is 2.95 bits per heavy atom. The van der Waals surface area contributed by atoms with E-state index in [9.17, 15) is 0 Å². The summed E-state index contributed by atoms with van der Waals surface area (Å²) in [5, 5.41) is 11.8. The molecule has 2 rings (SSSR count). The van der Waals surface area contributed by atoms with Gasteiger partial charge in [0.05, 0.1) is 36.3 Å². The highest BCUT2D eigenvalue weighted by Gasteiger charge is 2.16. The number of hydrogen-bond acceptors (Lipinski definition) is 5. The minimum absolute atomic E-state index is 0.324. The first-order valence-electron chi connectivity index (χ1n) is 6.14. The van der Waals surface area contributed by atoms with Gasteiger partial charge in [-0.15, -0.1) is 0 Å². The smallest absolute Gasteiger partial charge is 0.139 e. The van der Waals surface area contributed by atoms with Crippen molar-refractivity contribution in [3.63, 3.8) is 0 Å². The molecule has 0 aliphatic rings. The summed E-state index contributed by atoms with van der Waals surface area (Å²) in [5.74, 6) is 0.765. The molecule has 0 saturated heterocycles. The molecule has 0 amide bonds. The molecule has 108 valence electrons. The summed E-state index contributed by atoms with van der Waals surface area (Å²) in [6.45, 7) is 3.19. The Bertz CT molecular complexity index is 617. The Morgan fingerprint density at radius 1 is 1.55 bits per heavy atom. The number of thiocarbonyl (C=S) groups is 1. The Labute approximate surface area is 122 Å². The van der Waals surface area contributed by atoms with Crippen LogP contribution in [0, 0.1) is 6.92 Å². The fourth-order valence-corrected chi connectivity index (χ4v) is 2.21. The summed E-state index contributed by atoms with van der Waals surface area (Å²) in [7, 11) is 3.50. The number of nitrogens with two attached hydrogens (primary N) is 1. The summed E-state index contributed by atoms with van der Waals surface area (Å²) in [4.78, 5) is 0.324. The molecule has 20 heavy (non-hydrogen) atoms.